The topological polar surface area (TPSA) is 12.0 Å². The third kappa shape index (κ3) is 3.73. The fourth-order valence-corrected chi connectivity index (χ4v) is 0.236. The van der Waals surface area contributed by atoms with Crippen molar-refractivity contribution in [3.05, 3.63) is 0 Å². The van der Waals surface area contributed by atoms with Gasteiger partial charge in [-0.05, 0) is 0 Å². The van der Waals surface area contributed by atoms with E-state index in [4.69, 9.17) is 0 Å². The van der Waals surface area contributed by atoms with Crippen molar-refractivity contribution in [3.8, 4) is 0 Å². The number of nitrogens with one attached hydrogen (secondary N) is 1. The normalized spacial score (nSPS) is 7.83. The van der Waals surface area contributed by atoms with Crippen LogP contribution in [0.25, 0.3) is 0 Å². The first-order valence-corrected chi connectivity index (χ1v) is 2.14. The fourth-order valence-electron chi connectivity index (χ4n) is 0.236. The van der Waals surface area contributed by atoms with E-state index in [1.54, 1.807) is 7.06 Å². The van der Waals surface area contributed by atoms with Gasteiger partial charge in [0.25, 0.3) is 0 Å². The van der Waals surface area contributed by atoms with Gasteiger partial charge in [-0.1, -0.05) is 0 Å². The Hall–Kier alpha value is -0.265. The summed E-state index contributed by atoms with van der Waals surface area (Å²) in [6, 6.07) is 0.530. The van der Waals surface area contributed by atoms with Gasteiger partial charge in [-0.2, -0.15) is 0 Å². The molecule has 6 heavy (non-hydrogen) atoms. The van der Waals surface area contributed by atoms with Crippen molar-refractivity contribution in [1.82, 2.24) is 5.23 Å². The molecule has 0 spiro atoms. The van der Waals surface area contributed by atoms with E-state index in [0.717, 1.165) is 0 Å². The van der Waals surface area contributed by atoms with Gasteiger partial charge in [-0.25, -0.2) is 0 Å². The molecule has 0 aliphatic rings. The Morgan fingerprint density at radius 2 is 2.17 bits per heavy atom. The molecule has 0 heterocycles. The second-order valence-electron chi connectivity index (χ2n) is 1.53. The molecule has 0 aromatic heterocycles. The summed E-state index contributed by atoms with van der Waals surface area (Å²) in [5.41, 5.74) is 0. The second-order valence-corrected chi connectivity index (χ2v) is 1.53. The van der Waals surface area contributed by atoms with Crippen LogP contribution < -0.4 is 5.23 Å². The van der Waals surface area contributed by atoms with Crippen molar-refractivity contribution in [3.63, 3.8) is 0 Å². The molecule has 0 aliphatic carbocycles. The molecule has 0 fully saturated rings. The molecular weight excluding hydrogens is 72.9 g/mol. The molecule has 2 heteroatoms. The minimum absolute atomic E-state index is 0.530. The van der Waals surface area contributed by atoms with Gasteiger partial charge >= 0.3 is 38.6 Å². The fraction of sp³-hybridized carbons (Fsp3) is 0.750. The maximum absolute atomic E-state index is 3.49. The monoisotopic (exact) mass is 83.1 g/mol. The molecule has 1 N–H and O–H groups in total. The molecule has 0 unspecified atom stereocenters. The molecular formula is C4H10BN. The molecule has 0 bridgehead atoms. The minimum atomic E-state index is 0.530. The zero-order chi connectivity index (χ0) is 4.99. The van der Waals surface area contributed by atoms with Gasteiger partial charge in [0.1, 0.15) is 0 Å². The van der Waals surface area contributed by atoms with Crippen molar-refractivity contribution >= 4 is 13.5 Å². The van der Waals surface area contributed by atoms with Gasteiger partial charge in [0.15, 0.2) is 0 Å². The van der Waals surface area contributed by atoms with Crippen LogP contribution in [0.15, 0.2) is 0 Å². The Labute approximate surface area is 39.7 Å². The van der Waals surface area contributed by atoms with Crippen LogP contribution in [-0.4, -0.2) is 19.6 Å². The van der Waals surface area contributed by atoms with Crippen LogP contribution in [0.2, 0.25) is 0 Å². The van der Waals surface area contributed by atoms with Crippen molar-refractivity contribution in [2.45, 2.75) is 19.9 Å². The Bertz CT molecular complexity index is 42.8. The van der Waals surface area contributed by atoms with Crippen LogP contribution in [0, 0.1) is 0 Å². The number of hydrogen-bond acceptors (Lipinski definition) is 1. The number of hydrogen-bond donors (Lipinski definition) is 1. The summed E-state index contributed by atoms with van der Waals surface area (Å²) in [4.78, 5) is 0. The average Bonchev–Trinajstić information content (AvgIpc) is 1.35. The molecule has 0 radical (unpaired) electrons. The molecule has 0 aliphatic heterocycles. The Morgan fingerprint density at radius 1 is 1.67 bits per heavy atom. The summed E-state index contributed by atoms with van der Waals surface area (Å²) in [7, 11) is 1.70. The van der Waals surface area contributed by atoms with Gasteiger partial charge in [-0.15, -0.1) is 0 Å². The molecule has 0 rings (SSSR count). The maximum atomic E-state index is 3.49. The van der Waals surface area contributed by atoms with Crippen molar-refractivity contribution < 1.29 is 0 Å². The van der Waals surface area contributed by atoms with Gasteiger partial charge in [0.2, 0.25) is 0 Å². The molecule has 0 atom stereocenters. The third-order valence-corrected chi connectivity index (χ3v) is 0.451. The summed E-state index contributed by atoms with van der Waals surface area (Å²) >= 11 is 0. The summed E-state index contributed by atoms with van der Waals surface area (Å²) in [6.45, 7) is 7.63. The van der Waals surface area contributed by atoms with E-state index in [0.29, 0.717) is 6.04 Å². The van der Waals surface area contributed by atoms with E-state index in [1.807, 2.05) is 0 Å². The van der Waals surface area contributed by atoms with Gasteiger partial charge in [0, 0.05) is 0 Å². The van der Waals surface area contributed by atoms with E-state index in [-0.39, 0.29) is 0 Å². The first-order valence-electron chi connectivity index (χ1n) is 2.14. The predicted octanol–water partition coefficient (Wildman–Crippen LogP) is 0.0356. The quantitative estimate of drug-likeness (QED) is 0.464. The standard InChI is InChI=1S/C4H10BN/c1-4(2)6-5-3/h4,6H,3H2,1-2H3. The van der Waals surface area contributed by atoms with E-state index < -0.39 is 0 Å². The van der Waals surface area contributed by atoms with Crippen LogP contribution >= 0.6 is 0 Å². The second kappa shape index (κ2) is 2.95. The summed E-state index contributed by atoms with van der Waals surface area (Å²) in [6.07, 6.45) is 0. The van der Waals surface area contributed by atoms with Gasteiger partial charge < -0.3 is 0 Å². The Kier molecular flexibility index (Phi) is 2.82. The summed E-state index contributed by atoms with van der Waals surface area (Å²) < 4.78 is 0. The van der Waals surface area contributed by atoms with E-state index >= 15 is 0 Å². The predicted molar refractivity (Wildman–Crippen MR) is 31.1 cm³/mol. The van der Waals surface area contributed by atoms with E-state index in [2.05, 4.69) is 25.5 Å². The third-order valence-electron chi connectivity index (χ3n) is 0.451. The van der Waals surface area contributed by atoms with Crippen LogP contribution in [0.4, 0.5) is 0 Å². The van der Waals surface area contributed by atoms with Crippen molar-refractivity contribution in [1.29, 1.82) is 0 Å². The summed E-state index contributed by atoms with van der Waals surface area (Å²) in [5.74, 6) is 0. The van der Waals surface area contributed by atoms with Crippen molar-refractivity contribution in [2.24, 2.45) is 0 Å². The zero-order valence-electron chi connectivity index (χ0n) is 4.36. The number of rotatable bonds is 2. The van der Waals surface area contributed by atoms with Crippen LogP contribution in [0.1, 0.15) is 13.8 Å². The molecule has 1 nitrogen and oxygen atoms in total. The average molecular weight is 82.9 g/mol. The first-order chi connectivity index (χ1) is 2.77. The Balaban J connectivity index is 2.81. The van der Waals surface area contributed by atoms with Crippen LogP contribution in [-0.2, 0) is 0 Å². The summed E-state index contributed by atoms with van der Waals surface area (Å²) in [5, 5.41) is 2.97. The molecule has 0 aromatic rings. The zero-order valence-corrected chi connectivity index (χ0v) is 4.36. The van der Waals surface area contributed by atoms with Crippen LogP contribution in [0.5, 0.6) is 0 Å². The molecule has 0 aromatic carbocycles. The van der Waals surface area contributed by atoms with E-state index in [1.165, 1.54) is 0 Å². The first kappa shape index (κ1) is 5.73. The van der Waals surface area contributed by atoms with Crippen LogP contribution in [0.3, 0.4) is 0 Å². The Morgan fingerprint density at radius 3 is 2.17 bits per heavy atom. The van der Waals surface area contributed by atoms with Crippen molar-refractivity contribution in [2.75, 3.05) is 0 Å². The molecule has 34 valence electrons. The molecule has 0 saturated carbocycles. The molecule has 0 saturated heterocycles. The molecule has 0 amide bonds. The van der Waals surface area contributed by atoms with Gasteiger partial charge in [0.05, 0.1) is 0 Å². The van der Waals surface area contributed by atoms with Gasteiger partial charge in [-0.3, -0.25) is 0 Å². The SMILES string of the molecule is C=BNC(C)C. The van der Waals surface area contributed by atoms with E-state index in [9.17, 15) is 0 Å².